The number of rotatable bonds is 5. The maximum Gasteiger partial charge on any atom is 0.341 e. The lowest BCUT2D eigenvalue weighted by Crippen LogP contribution is -2.47. The molecular weight excluding hydrogens is 476 g/mol. The summed E-state index contributed by atoms with van der Waals surface area (Å²) in [6.07, 6.45) is 0.707. The van der Waals surface area contributed by atoms with E-state index in [1.807, 2.05) is 45.0 Å². The molecule has 1 fully saturated rings. The fraction of sp³-hybridized carbons (Fsp3) is 0.350. The van der Waals surface area contributed by atoms with E-state index in [0.29, 0.717) is 22.7 Å². The Morgan fingerprint density at radius 3 is 2.55 bits per heavy atom. The number of nitrogens with one attached hydrogen (secondary N) is 1. The van der Waals surface area contributed by atoms with Crippen LogP contribution in [0.25, 0.3) is 11.1 Å². The number of thiophene rings is 1. The van der Waals surface area contributed by atoms with Gasteiger partial charge in [0, 0.05) is 20.7 Å². The van der Waals surface area contributed by atoms with E-state index in [4.69, 9.17) is 4.74 Å². The molecule has 0 radical (unpaired) electrons. The van der Waals surface area contributed by atoms with Crippen LogP contribution in [0, 0.1) is 6.92 Å². The van der Waals surface area contributed by atoms with Crippen LogP contribution in [-0.2, 0) is 14.3 Å². The lowest BCUT2D eigenvalue weighted by molar-refractivity contribution is -0.130. The number of methoxy groups -OCH3 is 1. The van der Waals surface area contributed by atoms with Crippen molar-refractivity contribution in [3.8, 4) is 11.1 Å². The molecule has 0 saturated carbocycles. The first kappa shape index (κ1) is 21.9. The highest BCUT2D eigenvalue weighted by molar-refractivity contribution is 9.10. The standard InChI is InChI=1S/C20H21BrN2O4S2/c1-11-15(12-5-7-13(21)8-6-12)16(19(26)27-4)18(29-11)22-17(25)14-9-28-20(2,3)23(14)10-24/h5-8,10,14H,9H2,1-4H3,(H,22,25). The van der Waals surface area contributed by atoms with Crippen LogP contribution < -0.4 is 5.32 Å². The summed E-state index contributed by atoms with van der Waals surface area (Å²) >= 11 is 6.28. The Hall–Kier alpha value is -1.84. The summed E-state index contributed by atoms with van der Waals surface area (Å²) < 4.78 is 5.92. The topological polar surface area (TPSA) is 75.7 Å². The normalized spacial score (nSPS) is 17.8. The van der Waals surface area contributed by atoms with Crippen molar-refractivity contribution in [2.75, 3.05) is 18.2 Å². The van der Waals surface area contributed by atoms with Gasteiger partial charge in [0.1, 0.15) is 16.6 Å². The molecule has 1 aromatic heterocycles. The largest absolute Gasteiger partial charge is 0.465 e. The van der Waals surface area contributed by atoms with E-state index in [2.05, 4.69) is 21.2 Å². The quantitative estimate of drug-likeness (QED) is 0.486. The molecule has 2 aromatic rings. The number of anilines is 1. The monoisotopic (exact) mass is 496 g/mol. The smallest absolute Gasteiger partial charge is 0.341 e. The fourth-order valence-corrected chi connectivity index (χ4v) is 5.83. The van der Waals surface area contributed by atoms with Gasteiger partial charge in [-0.1, -0.05) is 28.1 Å². The van der Waals surface area contributed by atoms with Crippen LogP contribution >= 0.6 is 39.0 Å². The third kappa shape index (κ3) is 4.22. The zero-order valence-electron chi connectivity index (χ0n) is 16.4. The van der Waals surface area contributed by atoms with Crippen LogP contribution in [0.2, 0.25) is 0 Å². The molecule has 2 heterocycles. The molecule has 1 aliphatic rings. The highest BCUT2D eigenvalue weighted by Crippen LogP contribution is 2.42. The predicted molar refractivity (Wildman–Crippen MR) is 120 cm³/mol. The molecule has 6 nitrogen and oxygen atoms in total. The Bertz CT molecular complexity index is 956. The number of thioether (sulfide) groups is 1. The average molecular weight is 497 g/mol. The van der Waals surface area contributed by atoms with Crippen LogP contribution in [0.4, 0.5) is 5.00 Å². The highest BCUT2D eigenvalue weighted by atomic mass is 79.9. The average Bonchev–Trinajstić information content (AvgIpc) is 3.17. The van der Waals surface area contributed by atoms with Gasteiger partial charge in [0.05, 0.1) is 12.0 Å². The summed E-state index contributed by atoms with van der Waals surface area (Å²) in [7, 11) is 1.32. The van der Waals surface area contributed by atoms with E-state index in [-0.39, 0.29) is 5.91 Å². The zero-order valence-corrected chi connectivity index (χ0v) is 19.7. The highest BCUT2D eigenvalue weighted by Gasteiger charge is 2.43. The van der Waals surface area contributed by atoms with Crippen molar-refractivity contribution in [3.05, 3.63) is 39.2 Å². The second-order valence-electron chi connectivity index (χ2n) is 7.01. The molecule has 29 heavy (non-hydrogen) atoms. The number of ether oxygens (including phenoxy) is 1. The molecule has 0 spiro atoms. The SMILES string of the molecule is COC(=O)c1c(NC(=O)C2CSC(C)(C)N2C=O)sc(C)c1-c1ccc(Br)cc1. The number of hydrogen-bond donors (Lipinski definition) is 1. The number of esters is 1. The van der Waals surface area contributed by atoms with Gasteiger partial charge in [0.2, 0.25) is 12.3 Å². The van der Waals surface area contributed by atoms with Gasteiger partial charge >= 0.3 is 5.97 Å². The van der Waals surface area contributed by atoms with Crippen molar-refractivity contribution >= 4 is 62.3 Å². The maximum absolute atomic E-state index is 13.0. The van der Waals surface area contributed by atoms with E-state index in [0.717, 1.165) is 20.5 Å². The second kappa shape index (κ2) is 8.49. The first-order valence-corrected chi connectivity index (χ1v) is 11.4. The van der Waals surface area contributed by atoms with Crippen LogP contribution in [0.15, 0.2) is 28.7 Å². The Kier molecular flexibility index (Phi) is 6.40. The molecule has 154 valence electrons. The van der Waals surface area contributed by atoms with Gasteiger partial charge in [-0.3, -0.25) is 9.59 Å². The number of halogens is 1. The van der Waals surface area contributed by atoms with Crippen molar-refractivity contribution in [2.24, 2.45) is 0 Å². The van der Waals surface area contributed by atoms with Crippen molar-refractivity contribution in [3.63, 3.8) is 0 Å². The van der Waals surface area contributed by atoms with Crippen LogP contribution in [0.3, 0.4) is 0 Å². The lowest BCUT2D eigenvalue weighted by Gasteiger charge is -2.30. The summed E-state index contributed by atoms with van der Waals surface area (Å²) in [5.74, 6) is -0.338. The third-order valence-electron chi connectivity index (χ3n) is 4.81. The number of benzene rings is 1. The van der Waals surface area contributed by atoms with E-state index in [9.17, 15) is 14.4 Å². The molecule has 1 aliphatic heterocycles. The Morgan fingerprint density at radius 1 is 1.31 bits per heavy atom. The van der Waals surface area contributed by atoms with Crippen LogP contribution in [0.5, 0.6) is 0 Å². The molecular formula is C20H21BrN2O4S2. The number of amides is 2. The molecule has 0 aliphatic carbocycles. The number of carbonyl (C=O) groups is 3. The second-order valence-corrected chi connectivity index (χ2v) is 10.8. The fourth-order valence-electron chi connectivity index (χ4n) is 3.30. The molecule has 1 aromatic carbocycles. The number of aryl methyl sites for hydroxylation is 1. The van der Waals surface area contributed by atoms with Crippen molar-refractivity contribution < 1.29 is 19.1 Å². The van der Waals surface area contributed by atoms with Gasteiger partial charge < -0.3 is 15.0 Å². The minimum absolute atomic E-state index is 0.316. The minimum atomic E-state index is -0.600. The van der Waals surface area contributed by atoms with Crippen LogP contribution in [0.1, 0.15) is 29.1 Å². The van der Waals surface area contributed by atoms with E-state index < -0.39 is 16.9 Å². The number of nitrogens with zero attached hydrogens (tertiary/aromatic N) is 1. The summed E-state index contributed by atoms with van der Waals surface area (Å²) in [5.41, 5.74) is 1.92. The van der Waals surface area contributed by atoms with Crippen LogP contribution in [-0.4, -0.2) is 47.0 Å². The summed E-state index contributed by atoms with van der Waals surface area (Å²) in [5, 5.41) is 3.30. The van der Waals surface area contributed by atoms with Gasteiger partial charge in [-0.25, -0.2) is 4.79 Å². The summed E-state index contributed by atoms with van der Waals surface area (Å²) in [6.45, 7) is 5.71. The first-order chi connectivity index (χ1) is 13.7. The number of carbonyl (C=O) groups excluding carboxylic acids is 3. The molecule has 1 atom stereocenters. The summed E-state index contributed by atoms with van der Waals surface area (Å²) in [6, 6.07) is 7.00. The maximum atomic E-state index is 13.0. The first-order valence-electron chi connectivity index (χ1n) is 8.85. The van der Waals surface area contributed by atoms with E-state index in [1.54, 1.807) is 11.8 Å². The Morgan fingerprint density at radius 2 is 1.97 bits per heavy atom. The molecule has 0 bridgehead atoms. The van der Waals surface area contributed by atoms with Gasteiger partial charge in [0.15, 0.2) is 0 Å². The molecule has 1 saturated heterocycles. The molecule has 3 rings (SSSR count). The molecule has 2 amide bonds. The molecule has 9 heteroatoms. The van der Waals surface area contributed by atoms with Crippen molar-refractivity contribution in [2.45, 2.75) is 31.7 Å². The zero-order chi connectivity index (χ0) is 21.3. The predicted octanol–water partition coefficient (Wildman–Crippen LogP) is 4.52. The molecule has 1 unspecified atom stereocenters. The van der Waals surface area contributed by atoms with Gasteiger partial charge in [-0.05, 0) is 38.5 Å². The minimum Gasteiger partial charge on any atom is -0.465 e. The van der Waals surface area contributed by atoms with E-state index in [1.165, 1.54) is 23.3 Å². The van der Waals surface area contributed by atoms with Crippen molar-refractivity contribution in [1.82, 2.24) is 4.90 Å². The molecule has 1 N–H and O–H groups in total. The van der Waals surface area contributed by atoms with Gasteiger partial charge in [-0.2, -0.15) is 0 Å². The van der Waals surface area contributed by atoms with Gasteiger partial charge in [0.25, 0.3) is 0 Å². The number of hydrogen-bond acceptors (Lipinski definition) is 6. The third-order valence-corrected chi connectivity index (χ3v) is 7.76. The Balaban J connectivity index is 1.99. The summed E-state index contributed by atoms with van der Waals surface area (Å²) in [4.78, 5) is 39.0. The van der Waals surface area contributed by atoms with E-state index >= 15 is 0 Å². The lowest BCUT2D eigenvalue weighted by atomic mass is 10.0. The van der Waals surface area contributed by atoms with Crippen molar-refractivity contribution in [1.29, 1.82) is 0 Å². The van der Waals surface area contributed by atoms with Gasteiger partial charge in [-0.15, -0.1) is 23.1 Å². The Labute approximate surface area is 186 Å².